The summed E-state index contributed by atoms with van der Waals surface area (Å²) in [4.78, 5) is 38.1. The molecular weight excluding hydrogens is 368 g/mol. The Morgan fingerprint density at radius 3 is 2.85 bits per heavy atom. The predicted octanol–water partition coefficient (Wildman–Crippen LogP) is 2.05. The van der Waals surface area contributed by atoms with Crippen molar-refractivity contribution in [1.29, 1.82) is 0 Å². The third kappa shape index (κ3) is 4.46. The average molecular weight is 388 g/mol. The predicted molar refractivity (Wildman–Crippen MR) is 99.4 cm³/mol. The van der Waals surface area contributed by atoms with Crippen molar-refractivity contribution < 1.29 is 24.2 Å². The molecule has 0 spiro atoms. The number of hydrogen-bond donors (Lipinski definition) is 2. The van der Waals surface area contributed by atoms with Crippen LogP contribution >= 0.6 is 11.3 Å². The van der Waals surface area contributed by atoms with Crippen LogP contribution in [-0.2, 0) is 20.9 Å². The second-order valence-corrected chi connectivity index (χ2v) is 7.30. The number of rotatable bonds is 7. The lowest BCUT2D eigenvalue weighted by Crippen LogP contribution is -2.33. The second-order valence-electron chi connectivity index (χ2n) is 6.32. The highest BCUT2D eigenvalue weighted by atomic mass is 32.1. The lowest BCUT2D eigenvalue weighted by atomic mass is 9.98. The number of hydrogen-bond acceptors (Lipinski definition) is 5. The van der Waals surface area contributed by atoms with Crippen LogP contribution in [-0.4, -0.2) is 41.4 Å². The topological polar surface area (TPSA) is 95.9 Å². The first kappa shape index (κ1) is 18.9. The molecule has 8 heteroatoms. The van der Waals surface area contributed by atoms with Crippen LogP contribution in [0.2, 0.25) is 0 Å². The van der Waals surface area contributed by atoms with Gasteiger partial charge >= 0.3 is 5.97 Å². The molecule has 2 amide bonds. The molecule has 0 bridgehead atoms. The van der Waals surface area contributed by atoms with Gasteiger partial charge in [-0.2, -0.15) is 0 Å². The van der Waals surface area contributed by atoms with Gasteiger partial charge in [0.15, 0.2) is 6.61 Å². The molecule has 0 saturated carbocycles. The summed E-state index contributed by atoms with van der Waals surface area (Å²) >= 11 is 1.53. The van der Waals surface area contributed by atoms with Crippen LogP contribution in [0.1, 0.15) is 22.9 Å². The fraction of sp³-hybridized carbons (Fsp3) is 0.316. The zero-order valence-electron chi connectivity index (χ0n) is 14.8. The van der Waals surface area contributed by atoms with E-state index in [2.05, 4.69) is 5.32 Å². The number of nitrogens with one attached hydrogen (secondary N) is 1. The normalized spacial score (nSPS) is 19.1. The molecule has 27 heavy (non-hydrogen) atoms. The Labute approximate surface area is 160 Å². The minimum Gasteiger partial charge on any atom is -0.482 e. The van der Waals surface area contributed by atoms with Crippen LogP contribution in [0.15, 0.2) is 41.8 Å². The van der Waals surface area contributed by atoms with Crippen molar-refractivity contribution in [2.24, 2.45) is 5.92 Å². The monoisotopic (exact) mass is 388 g/mol. The molecule has 2 N–H and O–H groups in total. The maximum absolute atomic E-state index is 12.7. The molecule has 2 aromatic rings. The van der Waals surface area contributed by atoms with Gasteiger partial charge in [0.05, 0.1) is 12.0 Å². The summed E-state index contributed by atoms with van der Waals surface area (Å²) in [5, 5.41) is 13.5. The number of carbonyl (C=O) groups is 3. The first-order valence-electron chi connectivity index (χ1n) is 8.46. The van der Waals surface area contributed by atoms with Crippen LogP contribution in [0.25, 0.3) is 0 Å². The smallest absolute Gasteiger partial charge is 0.341 e. The van der Waals surface area contributed by atoms with Gasteiger partial charge in [0.2, 0.25) is 11.8 Å². The standard InChI is InChI=1S/C19H20N2O5S/c1-21-16(22)9-14(18(21)15-6-3-7-27-15)19(25)20-10-12-4-2-5-13(8-12)26-11-17(23)24/h2-8,14,18H,9-11H2,1H3,(H,20,25)(H,23,24)/t14-,18-/m1/s1. The molecule has 1 aliphatic rings. The van der Waals surface area contributed by atoms with E-state index in [-0.39, 0.29) is 30.8 Å². The van der Waals surface area contributed by atoms with Crippen molar-refractivity contribution in [2.45, 2.75) is 19.0 Å². The minimum absolute atomic E-state index is 0.0439. The Bertz CT molecular complexity index is 836. The van der Waals surface area contributed by atoms with E-state index in [1.807, 2.05) is 23.6 Å². The van der Waals surface area contributed by atoms with Gasteiger partial charge in [0.1, 0.15) is 5.75 Å². The fourth-order valence-corrected chi connectivity index (χ4v) is 4.10. The van der Waals surface area contributed by atoms with Crippen molar-refractivity contribution in [3.8, 4) is 5.75 Å². The van der Waals surface area contributed by atoms with E-state index >= 15 is 0 Å². The Hall–Kier alpha value is -2.87. The van der Waals surface area contributed by atoms with E-state index in [9.17, 15) is 14.4 Å². The van der Waals surface area contributed by atoms with Gasteiger partial charge in [-0.25, -0.2) is 4.79 Å². The molecule has 1 aromatic heterocycles. The van der Waals surface area contributed by atoms with E-state index in [4.69, 9.17) is 9.84 Å². The largest absolute Gasteiger partial charge is 0.482 e. The number of ether oxygens (including phenoxy) is 1. The summed E-state index contributed by atoms with van der Waals surface area (Å²) in [5.41, 5.74) is 0.789. The van der Waals surface area contributed by atoms with Crippen LogP contribution in [0.4, 0.5) is 0 Å². The molecule has 1 aliphatic heterocycles. The van der Waals surface area contributed by atoms with Gasteiger partial charge in [0.25, 0.3) is 0 Å². The number of thiophene rings is 1. The molecule has 0 radical (unpaired) electrons. The summed E-state index contributed by atoms with van der Waals surface area (Å²) in [7, 11) is 1.73. The third-order valence-corrected chi connectivity index (χ3v) is 5.43. The Kier molecular flexibility index (Phi) is 5.75. The molecule has 7 nitrogen and oxygen atoms in total. The van der Waals surface area contributed by atoms with Gasteiger partial charge in [-0.05, 0) is 29.1 Å². The summed E-state index contributed by atoms with van der Waals surface area (Å²) in [5.74, 6) is -1.28. The number of carboxylic acid groups (broad SMARTS) is 1. The Morgan fingerprint density at radius 1 is 1.33 bits per heavy atom. The van der Waals surface area contributed by atoms with Crippen molar-refractivity contribution >= 4 is 29.1 Å². The zero-order valence-corrected chi connectivity index (χ0v) is 15.6. The highest BCUT2D eigenvalue weighted by Gasteiger charge is 2.43. The first-order valence-corrected chi connectivity index (χ1v) is 9.34. The van der Waals surface area contributed by atoms with Crippen molar-refractivity contribution in [1.82, 2.24) is 10.2 Å². The lowest BCUT2D eigenvalue weighted by molar-refractivity contribution is -0.139. The summed E-state index contributed by atoms with van der Waals surface area (Å²) < 4.78 is 5.15. The highest BCUT2D eigenvalue weighted by Crippen LogP contribution is 2.39. The first-order chi connectivity index (χ1) is 13.0. The van der Waals surface area contributed by atoms with E-state index in [0.717, 1.165) is 10.4 Å². The molecular formula is C19H20N2O5S. The number of likely N-dealkylation sites (tertiary alicyclic amines) is 1. The highest BCUT2D eigenvalue weighted by molar-refractivity contribution is 7.10. The Balaban J connectivity index is 1.64. The molecule has 1 saturated heterocycles. The third-order valence-electron chi connectivity index (χ3n) is 4.49. The maximum Gasteiger partial charge on any atom is 0.341 e. The van der Waals surface area contributed by atoms with Crippen molar-refractivity contribution in [3.05, 3.63) is 52.2 Å². The molecule has 0 aliphatic carbocycles. The van der Waals surface area contributed by atoms with Gasteiger partial charge in [-0.3, -0.25) is 9.59 Å². The molecule has 2 heterocycles. The van der Waals surface area contributed by atoms with Crippen molar-refractivity contribution in [2.75, 3.05) is 13.7 Å². The minimum atomic E-state index is -1.05. The molecule has 142 valence electrons. The fourth-order valence-electron chi connectivity index (χ4n) is 3.16. The van der Waals surface area contributed by atoms with E-state index in [0.29, 0.717) is 5.75 Å². The average Bonchev–Trinajstić information content (AvgIpc) is 3.27. The van der Waals surface area contributed by atoms with Crippen LogP contribution < -0.4 is 10.1 Å². The number of carboxylic acids is 1. The summed E-state index contributed by atoms with van der Waals surface area (Å²) in [6, 6.07) is 10.5. The molecule has 2 atom stereocenters. The van der Waals surface area contributed by atoms with Crippen LogP contribution in [0, 0.1) is 5.92 Å². The lowest BCUT2D eigenvalue weighted by Gasteiger charge is -2.23. The van der Waals surface area contributed by atoms with Crippen molar-refractivity contribution in [3.63, 3.8) is 0 Å². The van der Waals surface area contributed by atoms with Gasteiger partial charge in [0, 0.05) is 24.9 Å². The van der Waals surface area contributed by atoms with Gasteiger partial charge in [-0.15, -0.1) is 11.3 Å². The number of benzene rings is 1. The Morgan fingerprint density at radius 2 is 2.15 bits per heavy atom. The van der Waals surface area contributed by atoms with Gasteiger partial charge in [-0.1, -0.05) is 18.2 Å². The number of aliphatic carboxylic acids is 1. The zero-order chi connectivity index (χ0) is 19.4. The second kappa shape index (κ2) is 8.22. The molecule has 0 unspecified atom stereocenters. The van der Waals surface area contributed by atoms with Gasteiger partial charge < -0.3 is 20.1 Å². The van der Waals surface area contributed by atoms with E-state index in [1.54, 1.807) is 30.1 Å². The van der Waals surface area contributed by atoms with Crippen LogP contribution in [0.3, 0.4) is 0 Å². The van der Waals surface area contributed by atoms with Crippen LogP contribution in [0.5, 0.6) is 5.75 Å². The number of amides is 2. The molecule has 1 fully saturated rings. The summed E-state index contributed by atoms with van der Waals surface area (Å²) in [6.07, 6.45) is 0.187. The van der Waals surface area contributed by atoms with E-state index in [1.165, 1.54) is 11.3 Å². The molecule has 3 rings (SSSR count). The quantitative estimate of drug-likeness (QED) is 0.757. The summed E-state index contributed by atoms with van der Waals surface area (Å²) in [6.45, 7) is -0.149. The SMILES string of the molecule is CN1C(=O)C[C@@H](C(=O)NCc2cccc(OCC(=O)O)c2)[C@@H]1c1cccs1. The number of nitrogens with zero attached hydrogens (tertiary/aromatic N) is 1. The molecule has 1 aromatic carbocycles. The maximum atomic E-state index is 12.7. The van der Waals surface area contributed by atoms with E-state index < -0.39 is 18.5 Å². The number of carbonyl (C=O) groups excluding carboxylic acids is 2.